The van der Waals surface area contributed by atoms with Crippen LogP contribution in [0.3, 0.4) is 0 Å². The van der Waals surface area contributed by atoms with Crippen molar-refractivity contribution in [2.75, 3.05) is 14.2 Å². The van der Waals surface area contributed by atoms with Gasteiger partial charge in [-0.25, -0.2) is 0 Å². The molecule has 2 atom stereocenters. The van der Waals surface area contributed by atoms with E-state index in [2.05, 4.69) is 0 Å². The molecule has 0 fully saturated rings. The first kappa shape index (κ1) is 18.8. The topological polar surface area (TPSA) is 52.6 Å². The monoisotopic (exact) mass is 346 g/mol. The van der Waals surface area contributed by atoms with Gasteiger partial charge in [0, 0.05) is 12.8 Å². The molecule has 0 spiro atoms. The van der Waals surface area contributed by atoms with E-state index < -0.39 is 21.7 Å². The molecule has 6 heteroatoms. The minimum absolute atomic E-state index is 0.312. The van der Waals surface area contributed by atoms with Gasteiger partial charge in [0.2, 0.25) is 0 Å². The molecule has 0 aliphatic rings. The summed E-state index contributed by atoms with van der Waals surface area (Å²) in [7, 11) is 2.60. The van der Waals surface area contributed by atoms with Gasteiger partial charge in [0.25, 0.3) is 0 Å². The summed E-state index contributed by atoms with van der Waals surface area (Å²) in [6.07, 6.45) is 0.624. The summed E-state index contributed by atoms with van der Waals surface area (Å²) in [5, 5.41) is 0. The molecule has 0 saturated carbocycles. The average Bonchev–Trinajstić information content (AvgIpc) is 2.44. The molecule has 2 unspecified atom stereocenters. The lowest BCUT2D eigenvalue weighted by atomic mass is 9.95. The summed E-state index contributed by atoms with van der Waals surface area (Å²) >= 11 is 12.4. The summed E-state index contributed by atoms with van der Waals surface area (Å²) in [6, 6.07) is 7.42. The molecule has 0 aliphatic carbocycles. The van der Waals surface area contributed by atoms with Crippen molar-refractivity contribution in [3.8, 4) is 0 Å². The molecule has 0 heterocycles. The molecule has 0 amide bonds. The Morgan fingerprint density at radius 3 is 1.64 bits per heavy atom. The summed E-state index contributed by atoms with van der Waals surface area (Å²) in [5.41, 5.74) is 1.72. The van der Waals surface area contributed by atoms with Crippen molar-refractivity contribution in [3.05, 3.63) is 35.4 Å². The molecule has 0 N–H and O–H groups in total. The van der Waals surface area contributed by atoms with Crippen LogP contribution in [0.1, 0.15) is 25.0 Å². The Labute approximate surface area is 140 Å². The zero-order valence-electron chi connectivity index (χ0n) is 13.1. The van der Waals surface area contributed by atoms with Gasteiger partial charge >= 0.3 is 11.9 Å². The lowest BCUT2D eigenvalue weighted by molar-refractivity contribution is -0.144. The number of hydrogen-bond acceptors (Lipinski definition) is 4. The van der Waals surface area contributed by atoms with E-state index in [0.29, 0.717) is 12.8 Å². The predicted octanol–water partition coefficient (Wildman–Crippen LogP) is 3.11. The zero-order chi connectivity index (χ0) is 17.0. The van der Waals surface area contributed by atoms with Gasteiger partial charge in [-0.15, -0.1) is 23.2 Å². The van der Waals surface area contributed by atoms with Crippen LogP contribution in [-0.2, 0) is 31.9 Å². The Hall–Kier alpha value is -1.26. The van der Waals surface area contributed by atoms with Crippen LogP contribution in [0, 0.1) is 0 Å². The fourth-order valence-electron chi connectivity index (χ4n) is 2.19. The fraction of sp³-hybridized carbons (Fsp3) is 0.500. The van der Waals surface area contributed by atoms with Gasteiger partial charge in [0.05, 0.1) is 14.2 Å². The second-order valence-electron chi connectivity index (χ2n) is 5.55. The molecule has 0 saturated heterocycles. The van der Waals surface area contributed by atoms with Gasteiger partial charge in [0.1, 0.15) is 9.75 Å². The highest BCUT2D eigenvalue weighted by Gasteiger charge is 2.33. The van der Waals surface area contributed by atoms with Crippen molar-refractivity contribution in [1.82, 2.24) is 0 Å². The second-order valence-corrected chi connectivity index (χ2v) is 7.22. The van der Waals surface area contributed by atoms with Gasteiger partial charge in [-0.1, -0.05) is 24.3 Å². The number of ether oxygens (including phenoxy) is 2. The summed E-state index contributed by atoms with van der Waals surface area (Å²) in [5.74, 6) is -0.979. The average molecular weight is 347 g/mol. The quantitative estimate of drug-likeness (QED) is 0.586. The van der Waals surface area contributed by atoms with Crippen molar-refractivity contribution in [2.24, 2.45) is 0 Å². The Bertz CT molecular complexity index is 508. The van der Waals surface area contributed by atoms with Crippen LogP contribution in [0.4, 0.5) is 0 Å². The third-order valence-electron chi connectivity index (χ3n) is 3.29. The van der Waals surface area contributed by atoms with Gasteiger partial charge in [-0.3, -0.25) is 9.59 Å². The van der Waals surface area contributed by atoms with E-state index in [1.807, 2.05) is 24.3 Å². The van der Waals surface area contributed by atoms with Crippen LogP contribution in [-0.4, -0.2) is 35.9 Å². The Balaban J connectivity index is 2.91. The second kappa shape index (κ2) is 7.34. The maximum Gasteiger partial charge on any atom is 0.326 e. The summed E-state index contributed by atoms with van der Waals surface area (Å²) in [6.45, 7) is 3.21. The zero-order valence-corrected chi connectivity index (χ0v) is 14.6. The standard InChI is InChI=1S/C16H20Cl2O4/c1-15(17,13(19)21-3)9-11-6-5-7-12(8-11)10-16(2,18)14(20)22-4/h5-8H,9-10H2,1-4H3. The van der Waals surface area contributed by atoms with E-state index in [0.717, 1.165) is 11.1 Å². The molecule has 122 valence electrons. The molecular formula is C16H20Cl2O4. The minimum Gasteiger partial charge on any atom is -0.468 e. The first-order chi connectivity index (χ1) is 10.1. The number of halogens is 2. The lowest BCUT2D eigenvalue weighted by Gasteiger charge is -2.21. The third kappa shape index (κ3) is 4.89. The number of carbonyl (C=O) groups is 2. The predicted molar refractivity (Wildman–Crippen MR) is 86.4 cm³/mol. The van der Waals surface area contributed by atoms with Crippen molar-refractivity contribution >= 4 is 35.1 Å². The smallest absolute Gasteiger partial charge is 0.326 e. The van der Waals surface area contributed by atoms with E-state index in [9.17, 15) is 9.59 Å². The SMILES string of the molecule is COC(=O)C(C)(Cl)Cc1cccc(CC(C)(Cl)C(=O)OC)c1. The van der Waals surface area contributed by atoms with Crippen molar-refractivity contribution in [3.63, 3.8) is 0 Å². The van der Waals surface area contributed by atoms with E-state index in [1.165, 1.54) is 14.2 Å². The van der Waals surface area contributed by atoms with Crippen LogP contribution in [0.25, 0.3) is 0 Å². The van der Waals surface area contributed by atoms with Gasteiger partial charge in [-0.2, -0.15) is 0 Å². The third-order valence-corrected chi connectivity index (χ3v) is 3.86. The molecule has 0 bridgehead atoms. The van der Waals surface area contributed by atoms with E-state index in [4.69, 9.17) is 32.7 Å². The maximum atomic E-state index is 11.6. The first-order valence-electron chi connectivity index (χ1n) is 6.75. The minimum atomic E-state index is -1.14. The molecule has 0 aromatic heterocycles. The van der Waals surface area contributed by atoms with E-state index in [-0.39, 0.29) is 0 Å². The Morgan fingerprint density at radius 1 is 0.955 bits per heavy atom. The molecule has 0 aliphatic heterocycles. The van der Waals surface area contributed by atoms with Gasteiger partial charge in [-0.05, 0) is 25.0 Å². The lowest BCUT2D eigenvalue weighted by Crippen LogP contribution is -2.33. The normalized spacial score (nSPS) is 16.3. The number of benzene rings is 1. The van der Waals surface area contributed by atoms with Crippen molar-refractivity contribution < 1.29 is 19.1 Å². The fourth-order valence-corrected chi connectivity index (χ4v) is 2.65. The molecule has 1 aromatic carbocycles. The number of esters is 2. The highest BCUT2D eigenvalue weighted by Crippen LogP contribution is 2.26. The number of rotatable bonds is 6. The van der Waals surface area contributed by atoms with Crippen molar-refractivity contribution in [2.45, 2.75) is 36.4 Å². The van der Waals surface area contributed by atoms with Crippen LogP contribution >= 0.6 is 23.2 Å². The maximum absolute atomic E-state index is 11.6. The van der Waals surface area contributed by atoms with Crippen LogP contribution in [0.5, 0.6) is 0 Å². The Kier molecular flexibility index (Phi) is 6.27. The first-order valence-corrected chi connectivity index (χ1v) is 7.50. The number of alkyl halides is 2. The van der Waals surface area contributed by atoms with Gasteiger partial charge in [0.15, 0.2) is 0 Å². The Morgan fingerprint density at radius 2 is 1.32 bits per heavy atom. The number of methoxy groups -OCH3 is 2. The summed E-state index contributed by atoms with van der Waals surface area (Å²) < 4.78 is 9.38. The molecule has 1 aromatic rings. The van der Waals surface area contributed by atoms with Crippen LogP contribution < -0.4 is 0 Å². The van der Waals surface area contributed by atoms with Gasteiger partial charge < -0.3 is 9.47 Å². The molecular weight excluding hydrogens is 327 g/mol. The highest BCUT2D eigenvalue weighted by molar-refractivity contribution is 6.34. The van der Waals surface area contributed by atoms with Crippen molar-refractivity contribution in [1.29, 1.82) is 0 Å². The summed E-state index contributed by atoms with van der Waals surface area (Å²) in [4.78, 5) is 21.0. The molecule has 22 heavy (non-hydrogen) atoms. The number of carbonyl (C=O) groups excluding carboxylic acids is 2. The molecule has 1 rings (SSSR count). The molecule has 4 nitrogen and oxygen atoms in total. The van der Waals surface area contributed by atoms with Crippen LogP contribution in [0.15, 0.2) is 24.3 Å². The van der Waals surface area contributed by atoms with Crippen LogP contribution in [0.2, 0.25) is 0 Å². The highest BCUT2D eigenvalue weighted by atomic mass is 35.5. The largest absolute Gasteiger partial charge is 0.468 e. The number of hydrogen-bond donors (Lipinski definition) is 0. The van der Waals surface area contributed by atoms with E-state index >= 15 is 0 Å². The van der Waals surface area contributed by atoms with E-state index in [1.54, 1.807) is 13.8 Å². The molecule has 0 radical (unpaired) electrons.